The van der Waals surface area contributed by atoms with E-state index >= 15 is 0 Å². The number of likely N-dealkylation sites (tertiary alicyclic amines) is 1. The van der Waals surface area contributed by atoms with Crippen LogP contribution in [-0.2, 0) is 22.5 Å². The van der Waals surface area contributed by atoms with Crippen molar-refractivity contribution in [1.82, 2.24) is 15.2 Å². The Labute approximate surface area is 182 Å². The molecular formula is C25H29N3O3. The van der Waals surface area contributed by atoms with Gasteiger partial charge in [0, 0.05) is 36.5 Å². The van der Waals surface area contributed by atoms with Gasteiger partial charge in [-0.05, 0) is 44.4 Å². The molecule has 31 heavy (non-hydrogen) atoms. The van der Waals surface area contributed by atoms with Gasteiger partial charge in [0.25, 0.3) is 0 Å². The Morgan fingerprint density at radius 1 is 1.13 bits per heavy atom. The van der Waals surface area contributed by atoms with Crippen molar-refractivity contribution in [2.24, 2.45) is 0 Å². The van der Waals surface area contributed by atoms with Crippen LogP contribution in [0.4, 0.5) is 4.79 Å². The van der Waals surface area contributed by atoms with Gasteiger partial charge in [0.05, 0.1) is 0 Å². The number of rotatable bonds is 5. The number of nitrogens with one attached hydrogen (secondary N) is 2. The predicted molar refractivity (Wildman–Crippen MR) is 120 cm³/mol. The van der Waals surface area contributed by atoms with E-state index in [2.05, 4.69) is 16.4 Å². The molecule has 2 amide bonds. The molecule has 2 heterocycles. The molecule has 1 aliphatic heterocycles. The Hall–Kier alpha value is -3.28. The molecule has 2 N–H and O–H groups in total. The number of hydrogen-bond acceptors (Lipinski definition) is 3. The van der Waals surface area contributed by atoms with E-state index in [0.29, 0.717) is 25.8 Å². The van der Waals surface area contributed by atoms with Crippen LogP contribution < -0.4 is 5.32 Å². The van der Waals surface area contributed by atoms with Gasteiger partial charge in [0.15, 0.2) is 0 Å². The highest BCUT2D eigenvalue weighted by molar-refractivity contribution is 5.85. The summed E-state index contributed by atoms with van der Waals surface area (Å²) in [6, 6.07) is 17.9. The molecule has 0 spiro atoms. The maximum Gasteiger partial charge on any atom is 0.409 e. The van der Waals surface area contributed by atoms with Gasteiger partial charge in [-0.15, -0.1) is 0 Å². The summed E-state index contributed by atoms with van der Waals surface area (Å²) in [5.41, 5.74) is 1.62. The van der Waals surface area contributed by atoms with Crippen molar-refractivity contribution < 1.29 is 14.3 Å². The van der Waals surface area contributed by atoms with Crippen LogP contribution in [0.5, 0.6) is 0 Å². The molecule has 6 heteroatoms. The Morgan fingerprint density at radius 2 is 1.84 bits per heavy atom. The normalized spacial score (nSPS) is 19.1. The maximum atomic E-state index is 13.0. The number of carbonyl (C=O) groups is 2. The van der Waals surface area contributed by atoms with E-state index in [1.54, 1.807) is 4.90 Å². The summed E-state index contributed by atoms with van der Waals surface area (Å²) in [6.07, 6.45) is 2.85. The van der Waals surface area contributed by atoms with Crippen LogP contribution in [0.3, 0.4) is 0 Å². The topological polar surface area (TPSA) is 74.4 Å². The fraction of sp³-hybridized carbons (Fsp3) is 0.360. The second-order valence-corrected chi connectivity index (χ2v) is 9.16. The SMILES string of the molecule is CC(C)(C)OC(=O)N[C@]1(Cc2c[nH]c3ccccc23)CCC(=O)N1Cc1ccccc1. The summed E-state index contributed by atoms with van der Waals surface area (Å²) in [4.78, 5) is 30.9. The van der Waals surface area contributed by atoms with Gasteiger partial charge >= 0.3 is 6.09 Å². The van der Waals surface area contributed by atoms with E-state index < -0.39 is 17.4 Å². The average Bonchev–Trinajstić information content (AvgIpc) is 3.24. The van der Waals surface area contributed by atoms with Gasteiger partial charge in [0.1, 0.15) is 11.3 Å². The van der Waals surface area contributed by atoms with Crippen LogP contribution in [0.1, 0.15) is 44.7 Å². The van der Waals surface area contributed by atoms with E-state index in [-0.39, 0.29) is 5.91 Å². The smallest absolute Gasteiger partial charge is 0.409 e. The third-order valence-electron chi connectivity index (χ3n) is 5.65. The molecule has 0 unspecified atom stereocenters. The summed E-state index contributed by atoms with van der Waals surface area (Å²) < 4.78 is 5.57. The molecular weight excluding hydrogens is 390 g/mol. The number of aromatic nitrogens is 1. The second kappa shape index (κ2) is 8.10. The number of aromatic amines is 1. The van der Waals surface area contributed by atoms with E-state index in [9.17, 15) is 9.59 Å². The van der Waals surface area contributed by atoms with Gasteiger partial charge < -0.3 is 14.6 Å². The van der Waals surface area contributed by atoms with Gasteiger partial charge in [0.2, 0.25) is 5.91 Å². The van der Waals surface area contributed by atoms with Crippen LogP contribution in [0, 0.1) is 0 Å². The van der Waals surface area contributed by atoms with Crippen molar-refractivity contribution in [3.63, 3.8) is 0 Å². The van der Waals surface area contributed by atoms with Crippen molar-refractivity contribution in [2.75, 3.05) is 0 Å². The maximum absolute atomic E-state index is 13.0. The highest BCUT2D eigenvalue weighted by Crippen LogP contribution is 2.35. The summed E-state index contributed by atoms with van der Waals surface area (Å²) >= 11 is 0. The lowest BCUT2D eigenvalue weighted by atomic mass is 9.96. The number of carbonyl (C=O) groups excluding carboxylic acids is 2. The molecule has 1 aromatic heterocycles. The highest BCUT2D eigenvalue weighted by Gasteiger charge is 2.47. The van der Waals surface area contributed by atoms with Gasteiger partial charge in [-0.2, -0.15) is 0 Å². The van der Waals surface area contributed by atoms with Crippen LogP contribution in [0.2, 0.25) is 0 Å². The van der Waals surface area contributed by atoms with Gasteiger partial charge in [-0.1, -0.05) is 48.5 Å². The van der Waals surface area contributed by atoms with Crippen LogP contribution in [-0.4, -0.2) is 33.1 Å². The number of para-hydroxylation sites is 1. The van der Waals surface area contributed by atoms with Crippen LogP contribution >= 0.6 is 0 Å². The number of ether oxygens (including phenoxy) is 1. The number of benzene rings is 2. The third kappa shape index (κ3) is 4.58. The van der Waals surface area contributed by atoms with Crippen molar-refractivity contribution in [2.45, 2.75) is 57.8 Å². The molecule has 1 atom stereocenters. The average molecular weight is 420 g/mol. The zero-order chi connectivity index (χ0) is 22.1. The molecule has 0 radical (unpaired) electrons. The standard InChI is InChI=1S/C25H29N3O3/c1-24(2,3)31-23(30)27-25(15-19-16-26-21-12-8-7-11-20(19)21)14-13-22(29)28(25)17-18-9-5-4-6-10-18/h4-12,16,26H,13-15,17H2,1-3H3,(H,27,30)/t25-/m1/s1. The van der Waals surface area contributed by atoms with Crippen molar-refractivity contribution in [3.8, 4) is 0 Å². The highest BCUT2D eigenvalue weighted by atomic mass is 16.6. The summed E-state index contributed by atoms with van der Waals surface area (Å²) in [6.45, 7) is 5.93. The lowest BCUT2D eigenvalue weighted by Gasteiger charge is -2.39. The monoisotopic (exact) mass is 419 g/mol. The molecule has 0 saturated carbocycles. The summed E-state index contributed by atoms with van der Waals surface area (Å²) in [7, 11) is 0. The number of alkyl carbamates (subject to hydrolysis) is 1. The molecule has 1 aliphatic rings. The number of hydrogen-bond donors (Lipinski definition) is 2. The van der Waals surface area contributed by atoms with Crippen molar-refractivity contribution in [3.05, 3.63) is 71.9 Å². The van der Waals surface area contributed by atoms with Crippen molar-refractivity contribution >= 4 is 22.9 Å². The molecule has 2 aromatic carbocycles. The minimum absolute atomic E-state index is 0.0275. The van der Waals surface area contributed by atoms with Crippen molar-refractivity contribution in [1.29, 1.82) is 0 Å². The van der Waals surface area contributed by atoms with E-state index in [0.717, 1.165) is 22.0 Å². The molecule has 0 aliphatic carbocycles. The van der Waals surface area contributed by atoms with Crippen LogP contribution in [0.25, 0.3) is 10.9 Å². The summed E-state index contributed by atoms with van der Waals surface area (Å²) in [5.74, 6) is 0.0275. The minimum atomic E-state index is -0.861. The molecule has 6 nitrogen and oxygen atoms in total. The Balaban J connectivity index is 1.70. The Morgan fingerprint density at radius 3 is 2.58 bits per heavy atom. The molecule has 162 valence electrons. The molecule has 1 saturated heterocycles. The van der Waals surface area contributed by atoms with E-state index in [1.807, 2.05) is 75.5 Å². The van der Waals surface area contributed by atoms with Crippen LogP contribution in [0.15, 0.2) is 60.8 Å². The molecule has 4 rings (SSSR count). The lowest BCUT2D eigenvalue weighted by molar-refractivity contribution is -0.132. The first-order valence-electron chi connectivity index (χ1n) is 10.7. The first-order valence-corrected chi connectivity index (χ1v) is 10.7. The van der Waals surface area contributed by atoms with E-state index in [1.165, 1.54) is 0 Å². The molecule has 3 aromatic rings. The lowest BCUT2D eigenvalue weighted by Crippen LogP contribution is -2.60. The number of H-pyrrole nitrogens is 1. The van der Waals surface area contributed by atoms with Gasteiger partial charge in [-0.25, -0.2) is 4.79 Å². The quantitative estimate of drug-likeness (QED) is 0.626. The third-order valence-corrected chi connectivity index (χ3v) is 5.65. The summed E-state index contributed by atoms with van der Waals surface area (Å²) in [5, 5.41) is 4.17. The Kier molecular flexibility index (Phi) is 5.48. The predicted octanol–water partition coefficient (Wildman–Crippen LogP) is 4.75. The fourth-order valence-corrected chi connectivity index (χ4v) is 4.27. The zero-order valence-corrected chi connectivity index (χ0v) is 18.3. The minimum Gasteiger partial charge on any atom is -0.444 e. The number of nitrogens with zero attached hydrogens (tertiary/aromatic N) is 1. The first-order chi connectivity index (χ1) is 14.8. The molecule has 0 bridgehead atoms. The molecule has 1 fully saturated rings. The Bertz CT molecular complexity index is 1080. The second-order valence-electron chi connectivity index (χ2n) is 9.16. The van der Waals surface area contributed by atoms with Gasteiger partial charge in [-0.3, -0.25) is 10.1 Å². The number of amides is 2. The number of fused-ring (bicyclic) bond motifs is 1. The van der Waals surface area contributed by atoms with E-state index in [4.69, 9.17) is 4.74 Å². The largest absolute Gasteiger partial charge is 0.444 e. The first kappa shape index (κ1) is 21.0. The fourth-order valence-electron chi connectivity index (χ4n) is 4.27. The zero-order valence-electron chi connectivity index (χ0n) is 18.3.